The van der Waals surface area contributed by atoms with Gasteiger partial charge in [-0.25, -0.2) is 4.98 Å². The summed E-state index contributed by atoms with van der Waals surface area (Å²) in [6.45, 7) is 4.51. The summed E-state index contributed by atoms with van der Waals surface area (Å²) in [6, 6.07) is 13.0. The van der Waals surface area contributed by atoms with E-state index in [2.05, 4.69) is 10.3 Å². The van der Waals surface area contributed by atoms with Crippen LogP contribution >= 0.6 is 19.2 Å². The molecule has 1 N–H and O–H groups in total. The Morgan fingerprint density at radius 1 is 1.03 bits per heavy atom. The Morgan fingerprint density at radius 2 is 1.72 bits per heavy atom. The van der Waals surface area contributed by atoms with E-state index in [0.717, 1.165) is 11.1 Å². The second-order valence-electron chi connectivity index (χ2n) is 6.94. The molecule has 3 aromatic rings. The van der Waals surface area contributed by atoms with Crippen molar-refractivity contribution in [1.29, 1.82) is 0 Å². The van der Waals surface area contributed by atoms with Crippen LogP contribution in [0.4, 0.5) is 5.88 Å². The maximum absolute atomic E-state index is 13.4. The van der Waals surface area contributed by atoms with Gasteiger partial charge in [0.25, 0.3) is 0 Å². The fraction of sp³-hybridized carbons (Fsp3) is 0.318. The van der Waals surface area contributed by atoms with Crippen molar-refractivity contribution in [2.45, 2.75) is 26.8 Å². The number of benzene rings is 2. The van der Waals surface area contributed by atoms with E-state index in [1.165, 1.54) is 0 Å². The number of fused-ring (bicyclic) bond motifs is 1. The van der Waals surface area contributed by atoms with E-state index in [9.17, 15) is 4.57 Å². The summed E-state index contributed by atoms with van der Waals surface area (Å²) in [5.41, 5.74) is 2.01. The third-order valence-electron chi connectivity index (χ3n) is 4.67. The maximum Gasteiger partial charge on any atom is 0.385 e. The van der Waals surface area contributed by atoms with Gasteiger partial charge in [0, 0.05) is 18.0 Å². The van der Waals surface area contributed by atoms with Gasteiger partial charge in [0.05, 0.1) is 13.2 Å². The van der Waals surface area contributed by atoms with Crippen LogP contribution in [0.3, 0.4) is 0 Å². The SMILES string of the molecule is CCOP(=O)(OCC)c1nc(Cc2ccc(Cl)cc2)oc1NCc1ccc2c(c1)OCO2. The van der Waals surface area contributed by atoms with Gasteiger partial charge in [-0.1, -0.05) is 29.8 Å². The van der Waals surface area contributed by atoms with E-state index >= 15 is 0 Å². The molecule has 10 heteroatoms. The monoisotopic (exact) mass is 478 g/mol. The first-order chi connectivity index (χ1) is 15.5. The lowest BCUT2D eigenvalue weighted by molar-refractivity contribution is 0.174. The largest absolute Gasteiger partial charge is 0.454 e. The fourth-order valence-corrected chi connectivity index (χ4v) is 4.97. The number of rotatable bonds is 10. The molecule has 32 heavy (non-hydrogen) atoms. The number of ether oxygens (including phenoxy) is 2. The molecule has 170 valence electrons. The quantitative estimate of drug-likeness (QED) is 0.400. The number of aromatic nitrogens is 1. The number of hydrogen-bond acceptors (Lipinski definition) is 8. The predicted octanol–water partition coefficient (Wildman–Crippen LogP) is 5.15. The summed E-state index contributed by atoms with van der Waals surface area (Å²) >= 11 is 5.97. The standard InChI is InChI=1S/C22H24ClN2O6P/c1-3-29-32(26,30-4-2)22-21(24-13-16-7-10-18-19(11-16)28-14-27-18)31-20(25-22)12-15-5-8-17(23)9-6-15/h5-11,24H,3-4,12-14H2,1-2H3. The lowest BCUT2D eigenvalue weighted by Gasteiger charge is -2.15. The van der Waals surface area contributed by atoms with Crippen molar-refractivity contribution in [3.8, 4) is 11.5 Å². The van der Waals surface area contributed by atoms with Crippen LogP contribution in [0.1, 0.15) is 30.9 Å². The predicted molar refractivity (Wildman–Crippen MR) is 121 cm³/mol. The van der Waals surface area contributed by atoms with Crippen molar-refractivity contribution in [2.24, 2.45) is 0 Å². The molecule has 0 bridgehead atoms. The molecule has 0 saturated carbocycles. The van der Waals surface area contributed by atoms with E-state index < -0.39 is 7.60 Å². The van der Waals surface area contributed by atoms with Crippen molar-refractivity contribution in [1.82, 2.24) is 4.98 Å². The number of oxazole rings is 1. The van der Waals surface area contributed by atoms with Gasteiger partial charge in [-0.15, -0.1) is 0 Å². The van der Waals surface area contributed by atoms with Crippen molar-refractivity contribution < 1.29 is 27.5 Å². The molecule has 0 fully saturated rings. The third kappa shape index (κ3) is 5.10. The highest BCUT2D eigenvalue weighted by molar-refractivity contribution is 7.62. The Kier molecular flexibility index (Phi) is 7.06. The molecule has 1 aliphatic rings. The minimum atomic E-state index is -3.67. The Balaban J connectivity index is 1.61. The minimum Gasteiger partial charge on any atom is -0.454 e. The smallest absolute Gasteiger partial charge is 0.385 e. The molecule has 2 heterocycles. The molecule has 0 atom stereocenters. The van der Waals surface area contributed by atoms with Crippen LogP contribution in [0.15, 0.2) is 46.9 Å². The number of nitrogens with zero attached hydrogens (tertiary/aromatic N) is 1. The molecule has 0 amide bonds. The summed E-state index contributed by atoms with van der Waals surface area (Å²) in [6.07, 6.45) is 0.397. The molecule has 0 saturated heterocycles. The van der Waals surface area contributed by atoms with Crippen molar-refractivity contribution >= 4 is 30.5 Å². The summed E-state index contributed by atoms with van der Waals surface area (Å²) in [4.78, 5) is 4.49. The number of nitrogens with one attached hydrogen (secondary N) is 1. The molecule has 0 spiro atoms. The zero-order valence-corrected chi connectivity index (χ0v) is 19.4. The van der Waals surface area contributed by atoms with Gasteiger partial charge in [0.2, 0.25) is 24.0 Å². The van der Waals surface area contributed by atoms with Crippen LogP contribution in [0, 0.1) is 0 Å². The third-order valence-corrected chi connectivity index (χ3v) is 6.94. The van der Waals surface area contributed by atoms with E-state index in [1.807, 2.05) is 30.3 Å². The topological polar surface area (TPSA) is 92.1 Å². The average Bonchev–Trinajstić information content (AvgIpc) is 3.41. The maximum atomic E-state index is 13.4. The number of hydrogen-bond donors (Lipinski definition) is 1. The summed E-state index contributed by atoms with van der Waals surface area (Å²) in [7, 11) is -3.67. The molecule has 0 aliphatic carbocycles. The Morgan fingerprint density at radius 3 is 2.44 bits per heavy atom. The second-order valence-corrected chi connectivity index (χ2v) is 9.31. The van der Waals surface area contributed by atoms with Crippen molar-refractivity contribution in [3.05, 3.63) is 64.5 Å². The summed E-state index contributed by atoms with van der Waals surface area (Å²) in [5, 5.41) is 3.82. The van der Waals surface area contributed by atoms with E-state index in [1.54, 1.807) is 26.0 Å². The van der Waals surface area contributed by atoms with Crippen LogP contribution in [0.5, 0.6) is 11.5 Å². The molecule has 1 aromatic heterocycles. The Hall–Kier alpha value is -2.51. The highest BCUT2D eigenvalue weighted by atomic mass is 35.5. The zero-order chi connectivity index (χ0) is 22.6. The average molecular weight is 479 g/mol. The molecular weight excluding hydrogens is 455 g/mol. The Bertz CT molecular complexity index is 1110. The number of halogens is 1. The molecule has 0 radical (unpaired) electrons. The first-order valence-electron chi connectivity index (χ1n) is 10.3. The molecular formula is C22H24ClN2O6P. The van der Waals surface area contributed by atoms with Crippen LogP contribution in [0.25, 0.3) is 0 Å². The summed E-state index contributed by atoms with van der Waals surface area (Å²) < 4.78 is 41.2. The van der Waals surface area contributed by atoms with Gasteiger partial charge in [-0.05, 0) is 49.2 Å². The van der Waals surface area contributed by atoms with Gasteiger partial charge in [0.1, 0.15) is 0 Å². The van der Waals surface area contributed by atoms with Gasteiger partial charge >= 0.3 is 7.60 Å². The Labute approximate surface area is 191 Å². The zero-order valence-electron chi connectivity index (χ0n) is 17.8. The van der Waals surface area contributed by atoms with Crippen LogP contribution < -0.4 is 20.2 Å². The van der Waals surface area contributed by atoms with Gasteiger partial charge in [-0.2, -0.15) is 0 Å². The van der Waals surface area contributed by atoms with Crippen LogP contribution in [-0.4, -0.2) is 25.0 Å². The highest BCUT2D eigenvalue weighted by Gasteiger charge is 2.35. The van der Waals surface area contributed by atoms with E-state index in [-0.39, 0.29) is 31.3 Å². The van der Waals surface area contributed by atoms with Gasteiger partial charge < -0.3 is 28.3 Å². The van der Waals surface area contributed by atoms with Crippen LogP contribution in [0.2, 0.25) is 5.02 Å². The first kappa shape index (κ1) is 22.7. The van der Waals surface area contributed by atoms with Gasteiger partial charge in [0.15, 0.2) is 11.5 Å². The van der Waals surface area contributed by atoms with Gasteiger partial charge in [-0.3, -0.25) is 4.57 Å². The molecule has 1 aliphatic heterocycles. The molecule has 4 rings (SSSR count). The minimum absolute atomic E-state index is 0.130. The lowest BCUT2D eigenvalue weighted by atomic mass is 10.1. The highest BCUT2D eigenvalue weighted by Crippen LogP contribution is 2.48. The molecule has 2 aromatic carbocycles. The first-order valence-corrected chi connectivity index (χ1v) is 12.2. The lowest BCUT2D eigenvalue weighted by Crippen LogP contribution is -2.16. The second kappa shape index (κ2) is 9.96. The molecule has 8 nitrogen and oxygen atoms in total. The molecule has 0 unspecified atom stereocenters. The van der Waals surface area contributed by atoms with E-state index in [4.69, 9.17) is 34.5 Å². The normalized spacial score (nSPS) is 12.8. The van der Waals surface area contributed by atoms with Crippen molar-refractivity contribution in [2.75, 3.05) is 25.3 Å². The fourth-order valence-electron chi connectivity index (χ4n) is 3.24. The van der Waals surface area contributed by atoms with Crippen molar-refractivity contribution in [3.63, 3.8) is 0 Å². The summed E-state index contributed by atoms with van der Waals surface area (Å²) in [5.74, 6) is 2.02. The van der Waals surface area contributed by atoms with E-state index in [0.29, 0.717) is 35.4 Å². The van der Waals surface area contributed by atoms with Crippen LogP contribution in [-0.2, 0) is 26.6 Å². The number of anilines is 1.